The van der Waals surface area contributed by atoms with E-state index >= 15 is 0 Å². The zero-order valence-corrected chi connectivity index (χ0v) is 11.5. The summed E-state index contributed by atoms with van der Waals surface area (Å²) in [5, 5.41) is 5.74. The van der Waals surface area contributed by atoms with Crippen LogP contribution in [0.4, 0.5) is 26.2 Å². The number of nitrogen functional groups attached to an aromatic ring is 1. The van der Waals surface area contributed by atoms with Gasteiger partial charge in [0, 0.05) is 16.4 Å². The fourth-order valence-corrected chi connectivity index (χ4v) is 1.77. The van der Waals surface area contributed by atoms with Gasteiger partial charge in [-0.05, 0) is 42.8 Å². The summed E-state index contributed by atoms with van der Waals surface area (Å²) in [6, 6.07) is 8.68. The number of benzene rings is 2. The van der Waals surface area contributed by atoms with Gasteiger partial charge in [-0.25, -0.2) is 9.18 Å². The summed E-state index contributed by atoms with van der Waals surface area (Å²) in [5.41, 5.74) is 7.28. The number of urea groups is 1. The van der Waals surface area contributed by atoms with Crippen molar-refractivity contribution in [3.05, 3.63) is 52.8 Å². The number of nitrogens with two attached hydrogens (primary N) is 1. The quantitative estimate of drug-likeness (QED) is 0.732. The second kappa shape index (κ2) is 5.79. The fourth-order valence-electron chi connectivity index (χ4n) is 1.59. The van der Waals surface area contributed by atoms with Gasteiger partial charge in [0.1, 0.15) is 5.82 Å². The normalized spacial score (nSPS) is 10.2. The van der Waals surface area contributed by atoms with E-state index in [-0.39, 0.29) is 5.69 Å². The summed E-state index contributed by atoms with van der Waals surface area (Å²) in [7, 11) is 0. The van der Waals surface area contributed by atoms with Crippen molar-refractivity contribution >= 4 is 34.7 Å². The minimum absolute atomic E-state index is 0.0267. The highest BCUT2D eigenvalue weighted by Gasteiger charge is 2.06. The molecule has 0 saturated carbocycles. The molecule has 6 heteroatoms. The molecule has 0 aliphatic heterocycles. The molecule has 20 heavy (non-hydrogen) atoms. The Hall–Kier alpha value is -2.27. The number of hydrogen-bond donors (Lipinski definition) is 3. The Morgan fingerprint density at radius 3 is 2.35 bits per heavy atom. The standard InChI is InChI=1S/C14H13ClFN3O/c1-8-2-3-9(6-11(8)15)18-14(20)19-10-4-5-12(16)13(17)7-10/h2-7H,17H2,1H3,(H2,18,19,20). The minimum atomic E-state index is -0.527. The van der Waals surface area contributed by atoms with Crippen molar-refractivity contribution in [3.63, 3.8) is 0 Å². The molecular weight excluding hydrogens is 281 g/mol. The fraction of sp³-hybridized carbons (Fsp3) is 0.0714. The summed E-state index contributed by atoms with van der Waals surface area (Å²) >= 11 is 5.97. The molecule has 0 bridgehead atoms. The van der Waals surface area contributed by atoms with Crippen LogP contribution in [0.5, 0.6) is 0 Å². The Morgan fingerprint density at radius 1 is 1.15 bits per heavy atom. The number of carbonyl (C=O) groups is 1. The Morgan fingerprint density at radius 2 is 1.75 bits per heavy atom. The van der Waals surface area contributed by atoms with Crippen LogP contribution >= 0.6 is 11.6 Å². The van der Waals surface area contributed by atoms with Crippen LogP contribution in [0.2, 0.25) is 5.02 Å². The lowest BCUT2D eigenvalue weighted by molar-refractivity contribution is 0.262. The van der Waals surface area contributed by atoms with Gasteiger partial charge >= 0.3 is 6.03 Å². The molecule has 2 amide bonds. The molecule has 4 N–H and O–H groups in total. The monoisotopic (exact) mass is 293 g/mol. The molecular formula is C14H13ClFN3O. The highest BCUT2D eigenvalue weighted by Crippen LogP contribution is 2.20. The lowest BCUT2D eigenvalue weighted by Gasteiger charge is -2.09. The molecule has 2 rings (SSSR count). The number of nitrogens with one attached hydrogen (secondary N) is 2. The number of aryl methyl sites for hydroxylation is 1. The van der Waals surface area contributed by atoms with Crippen molar-refractivity contribution in [2.45, 2.75) is 6.92 Å². The Kier molecular flexibility index (Phi) is 4.10. The van der Waals surface area contributed by atoms with Gasteiger partial charge < -0.3 is 16.4 Å². The number of rotatable bonds is 2. The van der Waals surface area contributed by atoms with Gasteiger partial charge in [0.25, 0.3) is 0 Å². The Balaban J connectivity index is 2.04. The van der Waals surface area contributed by atoms with Crippen LogP contribution in [-0.2, 0) is 0 Å². The predicted octanol–water partition coefficient (Wildman–Crippen LogP) is 4.01. The van der Waals surface area contributed by atoms with Crippen molar-refractivity contribution in [2.24, 2.45) is 0 Å². The third-order valence-corrected chi connectivity index (χ3v) is 3.09. The zero-order valence-electron chi connectivity index (χ0n) is 10.7. The molecule has 104 valence electrons. The molecule has 0 aliphatic carbocycles. The van der Waals surface area contributed by atoms with E-state index in [9.17, 15) is 9.18 Å². The van der Waals surface area contributed by atoms with E-state index in [0.29, 0.717) is 16.4 Å². The molecule has 4 nitrogen and oxygen atoms in total. The van der Waals surface area contributed by atoms with E-state index in [0.717, 1.165) is 5.56 Å². The van der Waals surface area contributed by atoms with Crippen molar-refractivity contribution in [2.75, 3.05) is 16.4 Å². The van der Waals surface area contributed by atoms with Gasteiger partial charge in [0.15, 0.2) is 0 Å². The average molecular weight is 294 g/mol. The van der Waals surface area contributed by atoms with Gasteiger partial charge in [0.05, 0.1) is 5.69 Å². The second-order valence-corrected chi connectivity index (χ2v) is 4.69. The second-order valence-electron chi connectivity index (χ2n) is 4.28. The average Bonchev–Trinajstić information content (AvgIpc) is 2.38. The molecule has 0 heterocycles. The molecule has 0 unspecified atom stereocenters. The lowest BCUT2D eigenvalue weighted by atomic mass is 10.2. The third kappa shape index (κ3) is 3.39. The smallest absolute Gasteiger partial charge is 0.323 e. The van der Waals surface area contributed by atoms with E-state index in [1.807, 2.05) is 6.92 Å². The predicted molar refractivity (Wildman–Crippen MR) is 79.6 cm³/mol. The molecule has 0 atom stereocenters. The van der Waals surface area contributed by atoms with Crippen molar-refractivity contribution in [1.29, 1.82) is 0 Å². The maximum atomic E-state index is 13.0. The van der Waals surface area contributed by atoms with Crippen molar-refractivity contribution in [1.82, 2.24) is 0 Å². The van der Waals surface area contributed by atoms with Gasteiger partial charge in [0.2, 0.25) is 0 Å². The highest BCUT2D eigenvalue weighted by atomic mass is 35.5. The van der Waals surface area contributed by atoms with E-state index in [2.05, 4.69) is 10.6 Å². The SMILES string of the molecule is Cc1ccc(NC(=O)Nc2ccc(F)c(N)c2)cc1Cl. The molecule has 0 fully saturated rings. The van der Waals surface area contributed by atoms with Crippen LogP contribution in [0, 0.1) is 12.7 Å². The zero-order chi connectivity index (χ0) is 14.7. The third-order valence-electron chi connectivity index (χ3n) is 2.68. The Labute approximate surface area is 120 Å². The first-order chi connectivity index (χ1) is 9.45. The number of amides is 2. The molecule has 0 radical (unpaired) electrons. The largest absolute Gasteiger partial charge is 0.396 e. The van der Waals surface area contributed by atoms with Crippen LogP contribution in [0.3, 0.4) is 0 Å². The first-order valence-electron chi connectivity index (χ1n) is 5.85. The van der Waals surface area contributed by atoms with Crippen LogP contribution in [0.15, 0.2) is 36.4 Å². The van der Waals surface area contributed by atoms with Gasteiger partial charge in [-0.2, -0.15) is 0 Å². The number of halogens is 2. The first kappa shape index (κ1) is 14.1. The molecule has 0 spiro atoms. The van der Waals surface area contributed by atoms with Crippen molar-refractivity contribution < 1.29 is 9.18 Å². The number of anilines is 3. The van der Waals surface area contributed by atoms with E-state index in [1.54, 1.807) is 18.2 Å². The topological polar surface area (TPSA) is 67.2 Å². The van der Waals surface area contributed by atoms with Crippen LogP contribution in [0.1, 0.15) is 5.56 Å². The summed E-state index contributed by atoms with van der Waals surface area (Å²) in [4.78, 5) is 11.8. The molecule has 0 saturated heterocycles. The molecule has 2 aromatic rings. The summed E-state index contributed by atoms with van der Waals surface area (Å²) in [6.07, 6.45) is 0. The summed E-state index contributed by atoms with van der Waals surface area (Å²) in [6.45, 7) is 1.87. The molecule has 0 aromatic heterocycles. The summed E-state index contributed by atoms with van der Waals surface area (Å²) < 4.78 is 13.0. The van der Waals surface area contributed by atoms with Gasteiger partial charge in [-0.1, -0.05) is 17.7 Å². The number of carbonyl (C=O) groups excluding carboxylic acids is 1. The molecule has 0 aliphatic rings. The maximum absolute atomic E-state index is 13.0. The van der Waals surface area contributed by atoms with E-state index < -0.39 is 11.8 Å². The van der Waals surface area contributed by atoms with Crippen LogP contribution in [0.25, 0.3) is 0 Å². The minimum Gasteiger partial charge on any atom is -0.396 e. The van der Waals surface area contributed by atoms with Gasteiger partial charge in [-0.15, -0.1) is 0 Å². The molecule has 2 aromatic carbocycles. The number of hydrogen-bond acceptors (Lipinski definition) is 2. The summed E-state index contributed by atoms with van der Waals surface area (Å²) in [5.74, 6) is -0.527. The maximum Gasteiger partial charge on any atom is 0.323 e. The van der Waals surface area contributed by atoms with Crippen LogP contribution in [-0.4, -0.2) is 6.03 Å². The van der Waals surface area contributed by atoms with Gasteiger partial charge in [-0.3, -0.25) is 0 Å². The highest BCUT2D eigenvalue weighted by molar-refractivity contribution is 6.31. The van der Waals surface area contributed by atoms with Crippen molar-refractivity contribution in [3.8, 4) is 0 Å². The van der Waals surface area contributed by atoms with E-state index in [4.69, 9.17) is 17.3 Å². The lowest BCUT2D eigenvalue weighted by Crippen LogP contribution is -2.19. The Bertz CT molecular complexity index is 605. The first-order valence-corrected chi connectivity index (χ1v) is 6.22. The van der Waals surface area contributed by atoms with Crippen LogP contribution < -0.4 is 16.4 Å². The van der Waals surface area contributed by atoms with E-state index in [1.165, 1.54) is 18.2 Å².